The molecule has 1 aromatic carbocycles. The van der Waals surface area contributed by atoms with E-state index in [-0.39, 0.29) is 48.0 Å². The first kappa shape index (κ1) is 22.0. The summed E-state index contributed by atoms with van der Waals surface area (Å²) in [6.07, 6.45) is 1.26. The summed E-state index contributed by atoms with van der Waals surface area (Å²) in [7, 11) is 0. The zero-order valence-corrected chi connectivity index (χ0v) is 18.6. The van der Waals surface area contributed by atoms with Gasteiger partial charge in [0.05, 0.1) is 17.6 Å². The van der Waals surface area contributed by atoms with Crippen molar-refractivity contribution in [3.05, 3.63) is 39.1 Å². The number of hydrogen-bond acceptors (Lipinski definition) is 8. The number of allylic oxidation sites excluding steroid dienone is 2. The van der Waals surface area contributed by atoms with Gasteiger partial charge >= 0.3 is 5.97 Å². The molecular formula is C23H26N2O7. The fourth-order valence-corrected chi connectivity index (χ4v) is 4.85. The number of esters is 1. The Bertz CT molecular complexity index is 1070. The van der Waals surface area contributed by atoms with Crippen LogP contribution in [0.5, 0.6) is 11.5 Å². The summed E-state index contributed by atoms with van der Waals surface area (Å²) < 4.78 is 16.1. The van der Waals surface area contributed by atoms with Gasteiger partial charge in [-0.3, -0.25) is 24.7 Å². The van der Waals surface area contributed by atoms with Gasteiger partial charge in [-0.25, -0.2) is 0 Å². The van der Waals surface area contributed by atoms with Gasteiger partial charge in [-0.05, 0) is 31.2 Å². The molecule has 1 aliphatic carbocycles. The number of rotatable bonds is 5. The number of benzene rings is 1. The molecule has 1 aromatic rings. The Labute approximate surface area is 185 Å². The van der Waals surface area contributed by atoms with Crippen molar-refractivity contribution in [1.29, 1.82) is 0 Å². The van der Waals surface area contributed by atoms with E-state index >= 15 is 0 Å². The maximum atomic E-state index is 13.4. The number of nitro groups is 1. The molecule has 3 aliphatic rings. The number of fused-ring (bicyclic) bond motifs is 1. The number of nitrogens with zero attached hydrogens (tertiary/aromatic N) is 2. The fourth-order valence-electron chi connectivity index (χ4n) is 4.85. The first-order valence-corrected chi connectivity index (χ1v) is 10.7. The van der Waals surface area contributed by atoms with E-state index in [9.17, 15) is 19.7 Å². The van der Waals surface area contributed by atoms with Gasteiger partial charge in [-0.2, -0.15) is 0 Å². The third-order valence-corrected chi connectivity index (χ3v) is 6.13. The first-order valence-electron chi connectivity index (χ1n) is 10.7. The van der Waals surface area contributed by atoms with Gasteiger partial charge in [0.15, 0.2) is 17.3 Å². The topological polar surface area (TPSA) is 117 Å². The smallest absolute Gasteiger partial charge is 0.315 e. The number of ether oxygens (including phenoxy) is 3. The highest BCUT2D eigenvalue weighted by Gasteiger charge is 2.48. The van der Waals surface area contributed by atoms with E-state index in [1.165, 1.54) is 12.1 Å². The minimum Gasteiger partial charge on any atom is -0.465 e. The lowest BCUT2D eigenvalue weighted by atomic mass is 9.66. The van der Waals surface area contributed by atoms with Gasteiger partial charge in [0.25, 0.3) is 5.69 Å². The second kappa shape index (κ2) is 8.03. The molecule has 2 heterocycles. The summed E-state index contributed by atoms with van der Waals surface area (Å²) in [5.41, 5.74) is 1.24. The van der Waals surface area contributed by atoms with E-state index in [0.29, 0.717) is 35.6 Å². The van der Waals surface area contributed by atoms with E-state index in [2.05, 4.69) is 0 Å². The predicted octanol–water partition coefficient (Wildman–Crippen LogP) is 4.09. The van der Waals surface area contributed by atoms with Crippen LogP contribution in [-0.2, 0) is 14.3 Å². The molecule has 1 unspecified atom stereocenters. The maximum Gasteiger partial charge on any atom is 0.315 e. The molecule has 0 fully saturated rings. The molecule has 0 spiro atoms. The van der Waals surface area contributed by atoms with Crippen LogP contribution in [0.25, 0.3) is 0 Å². The van der Waals surface area contributed by atoms with Crippen LogP contribution in [0.2, 0.25) is 0 Å². The molecule has 0 bridgehead atoms. The number of hydrogen-bond donors (Lipinski definition) is 0. The number of aliphatic imine (C=N–C) groups is 1. The van der Waals surface area contributed by atoms with Crippen molar-refractivity contribution in [2.75, 3.05) is 13.4 Å². The third kappa shape index (κ3) is 3.65. The van der Waals surface area contributed by atoms with Crippen molar-refractivity contribution in [2.24, 2.45) is 16.3 Å². The van der Waals surface area contributed by atoms with Crippen LogP contribution in [0, 0.1) is 21.4 Å². The van der Waals surface area contributed by atoms with Crippen molar-refractivity contribution < 1.29 is 28.7 Å². The van der Waals surface area contributed by atoms with Crippen LogP contribution in [0.15, 0.2) is 28.4 Å². The lowest BCUT2D eigenvalue weighted by Crippen LogP contribution is -2.40. The number of Topliss-reactive ketones (excluding diaryl/α,β-unsaturated/α-hetero) is 1. The zero-order valence-electron chi connectivity index (χ0n) is 18.6. The first-order chi connectivity index (χ1) is 15.2. The Morgan fingerprint density at radius 3 is 2.56 bits per heavy atom. The minimum absolute atomic E-state index is 0.0509. The van der Waals surface area contributed by atoms with E-state index in [4.69, 9.17) is 19.2 Å². The highest BCUT2D eigenvalue weighted by Crippen LogP contribution is 2.51. The Morgan fingerprint density at radius 2 is 1.94 bits per heavy atom. The van der Waals surface area contributed by atoms with Crippen molar-refractivity contribution in [3.8, 4) is 11.5 Å². The van der Waals surface area contributed by atoms with Crippen molar-refractivity contribution in [3.63, 3.8) is 0 Å². The van der Waals surface area contributed by atoms with E-state index in [1.807, 2.05) is 20.8 Å². The number of carbonyl (C=O) groups is 2. The standard InChI is InChI=1S/C23H26N2O7/c1-5-13-21(22(27)30-6-2)19(20-14(24-13)9-23(3,4)10-16(20)26)12-7-17-18(32-11-31-17)8-15(12)25(28)29/h7-8,19,21H,5-6,9-11H2,1-4H3/t19-,21?/m1/s1. The van der Waals surface area contributed by atoms with Gasteiger partial charge in [0, 0.05) is 34.9 Å². The van der Waals surface area contributed by atoms with Crippen LogP contribution in [0.4, 0.5) is 5.69 Å². The molecule has 170 valence electrons. The largest absolute Gasteiger partial charge is 0.465 e. The molecule has 0 aromatic heterocycles. The number of carbonyl (C=O) groups excluding carboxylic acids is 2. The molecule has 0 saturated heterocycles. The summed E-state index contributed by atoms with van der Waals surface area (Å²) in [4.78, 5) is 42.7. The van der Waals surface area contributed by atoms with Gasteiger partial charge in [-0.1, -0.05) is 20.8 Å². The van der Waals surface area contributed by atoms with Gasteiger partial charge in [-0.15, -0.1) is 0 Å². The summed E-state index contributed by atoms with van der Waals surface area (Å²) in [5, 5.41) is 12.0. The van der Waals surface area contributed by atoms with Crippen LogP contribution in [-0.4, -0.2) is 35.8 Å². The summed E-state index contributed by atoms with van der Waals surface area (Å²) in [6.45, 7) is 7.65. The van der Waals surface area contributed by atoms with E-state index < -0.39 is 22.7 Å². The molecule has 32 heavy (non-hydrogen) atoms. The Morgan fingerprint density at radius 1 is 1.25 bits per heavy atom. The molecule has 0 saturated carbocycles. The van der Waals surface area contributed by atoms with Gasteiger partial charge < -0.3 is 14.2 Å². The second-order valence-corrected chi connectivity index (χ2v) is 8.99. The molecule has 0 radical (unpaired) electrons. The average Bonchev–Trinajstić information content (AvgIpc) is 3.18. The Kier molecular flexibility index (Phi) is 5.52. The Balaban J connectivity index is 1.99. The van der Waals surface area contributed by atoms with Crippen molar-refractivity contribution in [1.82, 2.24) is 0 Å². The van der Waals surface area contributed by atoms with E-state index in [1.54, 1.807) is 6.92 Å². The lowest BCUT2D eigenvalue weighted by Gasteiger charge is -2.39. The van der Waals surface area contributed by atoms with Gasteiger partial charge in [0.1, 0.15) is 5.92 Å². The van der Waals surface area contributed by atoms with E-state index in [0.717, 1.165) is 0 Å². The molecule has 9 nitrogen and oxygen atoms in total. The Hall–Kier alpha value is -3.23. The molecule has 2 aliphatic heterocycles. The summed E-state index contributed by atoms with van der Waals surface area (Å²) >= 11 is 0. The van der Waals surface area contributed by atoms with Crippen molar-refractivity contribution >= 4 is 23.2 Å². The SMILES string of the molecule is CCOC(=O)C1C(CC)=NC2=C(C(=O)CC(C)(C)C2)[C@H]1c1cc2c(cc1[N+](=O)[O-])OCO2. The van der Waals surface area contributed by atoms with Crippen molar-refractivity contribution in [2.45, 2.75) is 52.9 Å². The second-order valence-electron chi connectivity index (χ2n) is 8.99. The van der Waals surface area contributed by atoms with Crippen LogP contribution in [0.3, 0.4) is 0 Å². The highest BCUT2D eigenvalue weighted by molar-refractivity contribution is 6.10. The monoisotopic (exact) mass is 442 g/mol. The lowest BCUT2D eigenvalue weighted by molar-refractivity contribution is -0.385. The molecule has 4 rings (SSSR count). The maximum absolute atomic E-state index is 13.4. The molecule has 0 amide bonds. The molecular weight excluding hydrogens is 416 g/mol. The van der Waals surface area contributed by atoms with Crippen LogP contribution >= 0.6 is 0 Å². The quantitative estimate of drug-likeness (QED) is 0.383. The fraction of sp³-hybridized carbons (Fsp3) is 0.522. The number of nitro benzene ring substituents is 1. The highest BCUT2D eigenvalue weighted by atomic mass is 16.7. The number of ketones is 1. The van der Waals surface area contributed by atoms with Gasteiger partial charge in [0.2, 0.25) is 6.79 Å². The summed E-state index contributed by atoms with van der Waals surface area (Å²) in [5.74, 6) is -1.90. The summed E-state index contributed by atoms with van der Waals surface area (Å²) in [6, 6.07) is 2.82. The predicted molar refractivity (Wildman–Crippen MR) is 115 cm³/mol. The van der Waals surface area contributed by atoms with Crippen LogP contribution in [0.1, 0.15) is 58.4 Å². The molecule has 9 heteroatoms. The van der Waals surface area contributed by atoms with Crippen LogP contribution < -0.4 is 9.47 Å². The minimum atomic E-state index is -0.928. The molecule has 2 atom stereocenters. The zero-order chi connectivity index (χ0) is 23.2. The molecule has 0 N–H and O–H groups in total. The third-order valence-electron chi connectivity index (χ3n) is 6.13. The average molecular weight is 442 g/mol. The normalized spacial score (nSPS) is 23.5.